The number of carbonyl (C=O) groups is 1. The second kappa shape index (κ2) is 7.50. The van der Waals surface area contributed by atoms with Crippen LogP contribution in [0.3, 0.4) is 0 Å². The molecule has 1 saturated carbocycles. The van der Waals surface area contributed by atoms with Gasteiger partial charge >= 0.3 is 0 Å². The molecule has 0 bridgehead atoms. The largest absolute Gasteiger partial charge is 0.489 e. The predicted molar refractivity (Wildman–Crippen MR) is 100 cm³/mol. The highest BCUT2D eigenvalue weighted by molar-refractivity contribution is 7.90. The monoisotopic (exact) mass is 373 g/mol. The van der Waals surface area contributed by atoms with Crippen molar-refractivity contribution in [3.63, 3.8) is 0 Å². The lowest BCUT2D eigenvalue weighted by molar-refractivity contribution is -0.120. The zero-order valence-electron chi connectivity index (χ0n) is 14.7. The SMILES string of the molecule is C=C[C@@H]1C[C@@H]1C(=O)NS(=O)(=O)C1C=C(OCc2ccccc2)C=CC1C. The summed E-state index contributed by atoms with van der Waals surface area (Å²) in [5, 5.41) is -0.844. The smallest absolute Gasteiger partial charge is 0.242 e. The summed E-state index contributed by atoms with van der Waals surface area (Å²) in [5.41, 5.74) is 0.998. The van der Waals surface area contributed by atoms with Crippen LogP contribution in [0.5, 0.6) is 0 Å². The van der Waals surface area contributed by atoms with Gasteiger partial charge in [0.25, 0.3) is 0 Å². The lowest BCUT2D eigenvalue weighted by Crippen LogP contribution is -2.41. The maximum absolute atomic E-state index is 12.7. The molecule has 0 radical (unpaired) electrons. The Morgan fingerprint density at radius 3 is 2.73 bits per heavy atom. The Bertz CT molecular complexity index is 842. The first kappa shape index (κ1) is 18.5. The molecule has 0 aromatic heterocycles. The van der Waals surface area contributed by atoms with Crippen LogP contribution in [0.1, 0.15) is 18.9 Å². The molecular weight excluding hydrogens is 350 g/mol. The summed E-state index contributed by atoms with van der Waals surface area (Å²) >= 11 is 0. The van der Waals surface area contributed by atoms with Crippen LogP contribution in [0.2, 0.25) is 0 Å². The van der Waals surface area contributed by atoms with Gasteiger partial charge in [0.1, 0.15) is 17.6 Å². The van der Waals surface area contributed by atoms with E-state index >= 15 is 0 Å². The fraction of sp³-hybridized carbons (Fsp3) is 0.350. The van der Waals surface area contributed by atoms with Gasteiger partial charge in [0, 0.05) is 5.92 Å². The minimum Gasteiger partial charge on any atom is -0.489 e. The summed E-state index contributed by atoms with van der Waals surface area (Å²) < 4.78 is 33.3. The molecule has 1 N–H and O–H groups in total. The van der Waals surface area contributed by atoms with Crippen molar-refractivity contribution in [2.24, 2.45) is 17.8 Å². The first-order valence-corrected chi connectivity index (χ1v) is 10.2. The van der Waals surface area contributed by atoms with Crippen molar-refractivity contribution in [2.45, 2.75) is 25.2 Å². The molecular formula is C20H23NO4S. The number of hydrogen-bond acceptors (Lipinski definition) is 4. The van der Waals surface area contributed by atoms with E-state index in [1.165, 1.54) is 0 Å². The van der Waals surface area contributed by atoms with E-state index in [1.807, 2.05) is 30.3 Å². The molecule has 1 aromatic carbocycles. The van der Waals surface area contributed by atoms with Crippen LogP contribution in [0, 0.1) is 17.8 Å². The number of sulfonamides is 1. The Morgan fingerprint density at radius 2 is 2.08 bits per heavy atom. The Labute approximate surface area is 154 Å². The van der Waals surface area contributed by atoms with Crippen molar-refractivity contribution in [2.75, 3.05) is 0 Å². The van der Waals surface area contributed by atoms with Gasteiger partial charge in [-0.05, 0) is 36.0 Å². The predicted octanol–water partition coefficient (Wildman–Crippen LogP) is 2.93. The summed E-state index contributed by atoms with van der Waals surface area (Å²) in [6.45, 7) is 5.80. The van der Waals surface area contributed by atoms with Crippen molar-refractivity contribution in [1.82, 2.24) is 4.72 Å². The Morgan fingerprint density at radius 1 is 1.35 bits per heavy atom. The standard InChI is InChI=1S/C20H23NO4S/c1-3-16-11-18(16)20(22)21-26(23,24)19-12-17(10-9-14(19)2)25-13-15-7-5-4-6-8-15/h3-10,12,14,16,18-19H,1,11,13H2,2H3,(H,21,22)/t14?,16-,18+,19?/m1/s1. The van der Waals surface area contributed by atoms with Gasteiger partial charge in [0.15, 0.2) is 0 Å². The van der Waals surface area contributed by atoms with Crippen molar-refractivity contribution >= 4 is 15.9 Å². The van der Waals surface area contributed by atoms with E-state index in [-0.39, 0.29) is 17.8 Å². The molecule has 138 valence electrons. The molecule has 1 fully saturated rings. The fourth-order valence-electron chi connectivity index (χ4n) is 3.00. The van der Waals surface area contributed by atoms with Crippen LogP contribution in [0.25, 0.3) is 0 Å². The molecule has 6 heteroatoms. The summed E-state index contributed by atoms with van der Waals surface area (Å²) in [4.78, 5) is 12.1. The maximum Gasteiger partial charge on any atom is 0.242 e. The van der Waals surface area contributed by atoms with Crippen molar-refractivity contribution in [3.05, 3.63) is 72.5 Å². The summed E-state index contributed by atoms with van der Waals surface area (Å²) in [7, 11) is -3.83. The zero-order chi connectivity index (χ0) is 18.7. The summed E-state index contributed by atoms with van der Waals surface area (Å²) in [6, 6.07) is 9.64. The highest BCUT2D eigenvalue weighted by atomic mass is 32.2. The molecule has 2 unspecified atom stereocenters. The zero-order valence-corrected chi connectivity index (χ0v) is 15.5. The van der Waals surface area contributed by atoms with E-state index < -0.39 is 21.2 Å². The number of carbonyl (C=O) groups excluding carboxylic acids is 1. The fourth-order valence-corrected chi connectivity index (χ4v) is 4.53. The summed E-state index contributed by atoms with van der Waals surface area (Å²) in [5.74, 6) is -0.413. The molecule has 2 aliphatic carbocycles. The quantitative estimate of drug-likeness (QED) is 0.746. The van der Waals surface area contributed by atoms with Gasteiger partial charge in [-0.1, -0.05) is 49.4 Å². The van der Waals surface area contributed by atoms with Gasteiger partial charge in [-0.25, -0.2) is 8.42 Å². The second-order valence-electron chi connectivity index (χ2n) is 6.78. The van der Waals surface area contributed by atoms with Gasteiger partial charge in [-0.15, -0.1) is 6.58 Å². The molecule has 26 heavy (non-hydrogen) atoms. The molecule has 2 aliphatic rings. The maximum atomic E-state index is 12.7. The number of benzene rings is 1. The van der Waals surface area contributed by atoms with Gasteiger partial charge in [0.2, 0.25) is 15.9 Å². The van der Waals surface area contributed by atoms with Gasteiger partial charge < -0.3 is 4.74 Å². The van der Waals surface area contributed by atoms with Crippen LogP contribution in [0.4, 0.5) is 0 Å². The first-order chi connectivity index (χ1) is 12.4. The third kappa shape index (κ3) is 4.25. The average molecular weight is 373 g/mol. The Kier molecular flexibility index (Phi) is 5.32. The van der Waals surface area contributed by atoms with Crippen LogP contribution in [-0.2, 0) is 26.2 Å². The molecule has 0 spiro atoms. The van der Waals surface area contributed by atoms with Gasteiger partial charge in [0.05, 0.1) is 0 Å². The molecule has 3 rings (SSSR count). The minimum absolute atomic E-state index is 0.0779. The molecule has 0 heterocycles. The average Bonchev–Trinajstić information content (AvgIpc) is 3.41. The normalized spacial score (nSPS) is 27.3. The highest BCUT2D eigenvalue weighted by Gasteiger charge is 2.43. The number of rotatable bonds is 7. The summed E-state index contributed by atoms with van der Waals surface area (Å²) in [6.07, 6.45) is 7.49. The molecule has 5 nitrogen and oxygen atoms in total. The number of amides is 1. The van der Waals surface area contributed by atoms with Crippen LogP contribution in [0.15, 0.2) is 67.0 Å². The number of hydrogen-bond donors (Lipinski definition) is 1. The Hall–Kier alpha value is -2.34. The third-order valence-electron chi connectivity index (χ3n) is 4.74. The Balaban J connectivity index is 1.67. The van der Waals surface area contributed by atoms with E-state index in [0.29, 0.717) is 18.8 Å². The number of ether oxygens (including phenoxy) is 1. The van der Waals surface area contributed by atoms with Crippen LogP contribution in [-0.4, -0.2) is 19.6 Å². The first-order valence-electron chi connectivity index (χ1n) is 8.65. The topological polar surface area (TPSA) is 72.5 Å². The van der Waals surface area contributed by atoms with Gasteiger partial charge in [-0.2, -0.15) is 0 Å². The van der Waals surface area contributed by atoms with Crippen LogP contribution < -0.4 is 4.72 Å². The molecule has 1 amide bonds. The number of nitrogens with one attached hydrogen (secondary N) is 1. The molecule has 4 atom stereocenters. The number of allylic oxidation sites excluding steroid dienone is 3. The van der Waals surface area contributed by atoms with E-state index in [2.05, 4.69) is 11.3 Å². The van der Waals surface area contributed by atoms with Gasteiger partial charge in [-0.3, -0.25) is 9.52 Å². The van der Waals surface area contributed by atoms with E-state index in [4.69, 9.17) is 4.74 Å². The third-order valence-corrected chi connectivity index (χ3v) is 6.51. The van der Waals surface area contributed by atoms with Crippen molar-refractivity contribution < 1.29 is 17.9 Å². The van der Waals surface area contributed by atoms with Crippen molar-refractivity contribution in [3.8, 4) is 0 Å². The second-order valence-corrected chi connectivity index (χ2v) is 8.62. The molecule has 0 saturated heterocycles. The highest BCUT2D eigenvalue weighted by Crippen LogP contribution is 2.39. The van der Waals surface area contributed by atoms with E-state index in [9.17, 15) is 13.2 Å². The van der Waals surface area contributed by atoms with Crippen LogP contribution >= 0.6 is 0 Å². The van der Waals surface area contributed by atoms with E-state index in [1.54, 1.807) is 31.2 Å². The minimum atomic E-state index is -3.83. The lowest BCUT2D eigenvalue weighted by atomic mass is 10.0. The molecule has 0 aliphatic heterocycles. The lowest BCUT2D eigenvalue weighted by Gasteiger charge is -2.23. The van der Waals surface area contributed by atoms with E-state index in [0.717, 1.165) is 5.56 Å². The van der Waals surface area contributed by atoms with Crippen molar-refractivity contribution in [1.29, 1.82) is 0 Å². The molecule has 1 aromatic rings.